The molecule has 1 aliphatic rings. The lowest BCUT2D eigenvalue weighted by molar-refractivity contribution is -0.143. The van der Waals surface area contributed by atoms with Gasteiger partial charge < -0.3 is 37.2 Å². The third-order valence-electron chi connectivity index (χ3n) is 4.46. The molecule has 0 aromatic rings. The largest absolute Gasteiger partial charge is 0.480 e. The molecule has 13 heteroatoms. The lowest BCUT2D eigenvalue weighted by Crippen LogP contribution is -2.58. The van der Waals surface area contributed by atoms with Crippen LogP contribution in [0.2, 0.25) is 0 Å². The van der Waals surface area contributed by atoms with E-state index in [0.717, 1.165) is 6.42 Å². The fourth-order valence-corrected chi connectivity index (χ4v) is 3.30. The Morgan fingerprint density at radius 2 is 1.73 bits per heavy atom. The van der Waals surface area contributed by atoms with Crippen LogP contribution in [-0.4, -0.2) is 89.1 Å². The Bertz CT molecular complexity index is 642. The van der Waals surface area contributed by atoms with Crippen LogP contribution in [0.3, 0.4) is 0 Å². The lowest BCUT2D eigenvalue weighted by Gasteiger charge is -2.24. The van der Waals surface area contributed by atoms with Crippen molar-refractivity contribution in [3.8, 4) is 0 Å². The van der Waals surface area contributed by atoms with Crippen molar-refractivity contribution in [3.05, 3.63) is 0 Å². The fraction of sp³-hybridized carbons (Fsp3) is 0.706. The van der Waals surface area contributed by atoms with E-state index < -0.39 is 66.8 Å². The lowest BCUT2D eigenvalue weighted by atomic mass is 10.1. The second-order valence-corrected chi connectivity index (χ2v) is 7.79. The quantitative estimate of drug-likeness (QED) is 0.153. The van der Waals surface area contributed by atoms with Gasteiger partial charge in [-0.05, 0) is 37.8 Å². The van der Waals surface area contributed by atoms with E-state index in [2.05, 4.69) is 21.3 Å². The van der Waals surface area contributed by atoms with E-state index >= 15 is 0 Å². The first-order valence-electron chi connectivity index (χ1n) is 9.45. The first-order valence-corrected chi connectivity index (χ1v) is 10.8. The van der Waals surface area contributed by atoms with Crippen molar-refractivity contribution in [2.45, 2.75) is 49.9 Å². The van der Waals surface area contributed by atoms with Gasteiger partial charge in [0.1, 0.15) is 18.1 Å². The predicted molar refractivity (Wildman–Crippen MR) is 108 cm³/mol. The van der Waals surface area contributed by atoms with E-state index in [-0.39, 0.29) is 6.42 Å². The SMILES string of the molecule is CSCCC(NC(=O)C(CO)NC(=O)C1CCCN1)C(=O)NC(CC(N)=O)C(=O)O. The van der Waals surface area contributed by atoms with Gasteiger partial charge in [0, 0.05) is 0 Å². The number of aliphatic hydroxyl groups excluding tert-OH is 1. The fourth-order valence-electron chi connectivity index (χ4n) is 2.83. The molecule has 1 rings (SSSR count). The van der Waals surface area contributed by atoms with Crippen LogP contribution in [0.15, 0.2) is 0 Å². The summed E-state index contributed by atoms with van der Waals surface area (Å²) in [4.78, 5) is 59.5. The molecular weight excluding hydrogens is 418 g/mol. The summed E-state index contributed by atoms with van der Waals surface area (Å²) in [6.07, 6.45) is 2.78. The molecule has 8 N–H and O–H groups in total. The summed E-state index contributed by atoms with van der Waals surface area (Å²) in [5, 5.41) is 28.7. The third-order valence-corrected chi connectivity index (χ3v) is 5.10. The molecule has 1 heterocycles. The molecular formula is C17H29N5O7S. The highest BCUT2D eigenvalue weighted by atomic mass is 32.2. The summed E-state index contributed by atoms with van der Waals surface area (Å²) in [6, 6.07) is -4.39. The van der Waals surface area contributed by atoms with Crippen molar-refractivity contribution in [2.75, 3.05) is 25.2 Å². The number of primary amides is 1. The number of rotatable bonds is 13. The Kier molecular flexibility index (Phi) is 11.1. The van der Waals surface area contributed by atoms with Crippen molar-refractivity contribution in [1.29, 1.82) is 0 Å². The number of carboxylic acids is 1. The highest BCUT2D eigenvalue weighted by Crippen LogP contribution is 2.06. The van der Waals surface area contributed by atoms with Crippen LogP contribution in [-0.2, 0) is 24.0 Å². The first kappa shape index (κ1) is 25.7. The number of hydrogen-bond acceptors (Lipinski definition) is 8. The van der Waals surface area contributed by atoms with Gasteiger partial charge in [0.05, 0.1) is 19.1 Å². The van der Waals surface area contributed by atoms with Crippen molar-refractivity contribution in [3.63, 3.8) is 0 Å². The van der Waals surface area contributed by atoms with E-state index in [1.807, 2.05) is 0 Å². The molecule has 4 amide bonds. The van der Waals surface area contributed by atoms with Gasteiger partial charge in [-0.25, -0.2) is 4.79 Å². The molecule has 170 valence electrons. The van der Waals surface area contributed by atoms with E-state index in [4.69, 9.17) is 10.8 Å². The maximum atomic E-state index is 12.5. The van der Waals surface area contributed by atoms with Gasteiger partial charge in [-0.1, -0.05) is 0 Å². The predicted octanol–water partition coefficient (Wildman–Crippen LogP) is -3.10. The van der Waals surface area contributed by atoms with Gasteiger partial charge >= 0.3 is 5.97 Å². The second-order valence-electron chi connectivity index (χ2n) is 6.81. The summed E-state index contributed by atoms with van der Waals surface area (Å²) in [6.45, 7) is 0.00162. The van der Waals surface area contributed by atoms with E-state index in [1.165, 1.54) is 11.8 Å². The topological polar surface area (TPSA) is 200 Å². The molecule has 1 aliphatic heterocycles. The molecule has 1 fully saturated rings. The first-order chi connectivity index (χ1) is 14.2. The number of nitrogens with one attached hydrogen (secondary N) is 4. The van der Waals surface area contributed by atoms with Crippen LogP contribution in [0, 0.1) is 0 Å². The Balaban J connectivity index is 2.78. The minimum atomic E-state index is -1.54. The minimum absolute atomic E-state index is 0.165. The molecule has 0 spiro atoms. The van der Waals surface area contributed by atoms with E-state index in [1.54, 1.807) is 6.26 Å². The number of nitrogens with two attached hydrogens (primary N) is 1. The van der Waals surface area contributed by atoms with E-state index in [0.29, 0.717) is 18.7 Å². The molecule has 4 unspecified atom stereocenters. The van der Waals surface area contributed by atoms with Gasteiger partial charge in [-0.2, -0.15) is 11.8 Å². The molecule has 0 saturated carbocycles. The Morgan fingerprint density at radius 3 is 2.23 bits per heavy atom. The smallest absolute Gasteiger partial charge is 0.326 e. The molecule has 1 saturated heterocycles. The van der Waals surface area contributed by atoms with Gasteiger partial charge in [0.25, 0.3) is 0 Å². The number of thioether (sulfide) groups is 1. The van der Waals surface area contributed by atoms with Crippen molar-refractivity contribution < 1.29 is 34.2 Å². The van der Waals surface area contributed by atoms with E-state index in [9.17, 15) is 29.1 Å². The van der Waals surface area contributed by atoms with Crippen LogP contribution in [0.1, 0.15) is 25.7 Å². The average Bonchev–Trinajstić information content (AvgIpc) is 3.22. The summed E-state index contributed by atoms with van der Waals surface area (Å²) >= 11 is 1.40. The molecule has 30 heavy (non-hydrogen) atoms. The van der Waals surface area contributed by atoms with Gasteiger partial charge in [-0.15, -0.1) is 0 Å². The number of aliphatic carboxylic acids is 1. The molecule has 0 aromatic heterocycles. The third kappa shape index (κ3) is 8.55. The maximum absolute atomic E-state index is 12.5. The van der Waals surface area contributed by atoms with Crippen LogP contribution in [0.4, 0.5) is 0 Å². The Morgan fingerprint density at radius 1 is 1.10 bits per heavy atom. The maximum Gasteiger partial charge on any atom is 0.326 e. The summed E-state index contributed by atoms with van der Waals surface area (Å²) in [5.41, 5.74) is 5.00. The Hall–Kier alpha value is -2.38. The summed E-state index contributed by atoms with van der Waals surface area (Å²) in [5.74, 6) is -3.91. The number of hydrogen-bond donors (Lipinski definition) is 7. The van der Waals surface area contributed by atoms with Crippen LogP contribution in [0.5, 0.6) is 0 Å². The van der Waals surface area contributed by atoms with Crippen molar-refractivity contribution in [1.82, 2.24) is 21.3 Å². The number of carboxylic acid groups (broad SMARTS) is 1. The van der Waals surface area contributed by atoms with Gasteiger partial charge in [0.2, 0.25) is 23.6 Å². The molecule has 4 atom stereocenters. The van der Waals surface area contributed by atoms with Crippen molar-refractivity contribution >= 4 is 41.4 Å². The molecule has 0 aromatic carbocycles. The molecule has 0 aliphatic carbocycles. The number of carbonyl (C=O) groups is 5. The highest BCUT2D eigenvalue weighted by Gasteiger charge is 2.31. The molecule has 0 bridgehead atoms. The second kappa shape index (κ2) is 13.0. The average molecular weight is 448 g/mol. The minimum Gasteiger partial charge on any atom is -0.480 e. The zero-order valence-corrected chi connectivity index (χ0v) is 17.5. The number of amides is 4. The molecule has 0 radical (unpaired) electrons. The van der Waals surface area contributed by atoms with Crippen LogP contribution < -0.4 is 27.0 Å². The number of aliphatic hydroxyl groups is 1. The summed E-state index contributed by atoms with van der Waals surface area (Å²) in [7, 11) is 0. The highest BCUT2D eigenvalue weighted by molar-refractivity contribution is 7.98. The Labute approximate surface area is 178 Å². The zero-order valence-electron chi connectivity index (χ0n) is 16.7. The van der Waals surface area contributed by atoms with Gasteiger partial charge in [0.15, 0.2) is 0 Å². The monoisotopic (exact) mass is 447 g/mol. The van der Waals surface area contributed by atoms with Gasteiger partial charge in [-0.3, -0.25) is 19.2 Å². The summed E-state index contributed by atoms with van der Waals surface area (Å²) < 4.78 is 0. The standard InChI is InChI=1S/C17H29N5O7S/c1-30-6-4-10(15(26)21-11(17(28)29)7-13(18)24)20-16(27)12(8-23)22-14(25)9-3-2-5-19-9/h9-12,19,23H,2-8H2,1H3,(H2,18,24)(H,20,27)(H,21,26)(H,22,25)(H,28,29). The normalized spacial score (nSPS) is 18.7. The number of carbonyl (C=O) groups excluding carboxylic acids is 4. The zero-order chi connectivity index (χ0) is 22.7. The van der Waals surface area contributed by atoms with Crippen molar-refractivity contribution in [2.24, 2.45) is 5.73 Å². The van der Waals surface area contributed by atoms with Crippen LogP contribution in [0.25, 0.3) is 0 Å². The molecule has 12 nitrogen and oxygen atoms in total. The van der Waals surface area contributed by atoms with Crippen LogP contribution >= 0.6 is 11.8 Å².